The number of thiazole rings is 1. The molecule has 1 fully saturated rings. The molecule has 0 saturated heterocycles. The van der Waals surface area contributed by atoms with Gasteiger partial charge in [-0.2, -0.15) is 0 Å². The Kier molecular flexibility index (Phi) is 6.15. The van der Waals surface area contributed by atoms with Crippen LogP contribution in [0.5, 0.6) is 0 Å². The summed E-state index contributed by atoms with van der Waals surface area (Å²) in [7, 11) is 0. The van der Waals surface area contributed by atoms with Crippen molar-refractivity contribution in [2.45, 2.75) is 51.7 Å². The van der Waals surface area contributed by atoms with Crippen LogP contribution in [0.1, 0.15) is 38.3 Å². The number of nitrogens with zero attached hydrogens (tertiary/aromatic N) is 2. The average molecular weight is 441 g/mol. The number of aliphatic hydroxyl groups is 1. The number of ether oxygens (including phenoxy) is 1. The first-order valence-corrected chi connectivity index (χ1v) is 11.0. The standard InChI is InChI=1S/C22H24N4O4S/c1-12-19(26-22(29)30-17-6-4-16(28)5-7-17)9-15(11-23-12)14-3-8-18-20(10-14)31-21(25-18)24-13(2)27/h3,8-11,16-17,28H,4-7H2,1-2H3,(H,26,29)(H,24,25,27)/t16-,17-. The number of aromatic nitrogens is 2. The van der Waals surface area contributed by atoms with Gasteiger partial charge in [0.2, 0.25) is 5.91 Å². The van der Waals surface area contributed by atoms with E-state index in [2.05, 4.69) is 20.6 Å². The van der Waals surface area contributed by atoms with Gasteiger partial charge in [-0.15, -0.1) is 0 Å². The lowest BCUT2D eigenvalue weighted by atomic mass is 9.95. The van der Waals surface area contributed by atoms with E-state index in [4.69, 9.17) is 4.74 Å². The summed E-state index contributed by atoms with van der Waals surface area (Å²) in [5, 5.41) is 15.7. The third-order valence-corrected chi connectivity index (χ3v) is 6.18. The van der Waals surface area contributed by atoms with Gasteiger partial charge in [-0.1, -0.05) is 17.4 Å². The molecule has 0 aliphatic heterocycles. The van der Waals surface area contributed by atoms with Crippen molar-refractivity contribution in [3.05, 3.63) is 36.2 Å². The first-order chi connectivity index (χ1) is 14.9. The monoisotopic (exact) mass is 440 g/mol. The van der Waals surface area contributed by atoms with Gasteiger partial charge < -0.3 is 15.2 Å². The quantitative estimate of drug-likeness (QED) is 0.551. The van der Waals surface area contributed by atoms with Crippen LogP contribution in [0, 0.1) is 6.92 Å². The number of pyridine rings is 1. The van der Waals surface area contributed by atoms with Crippen molar-refractivity contribution >= 4 is 44.4 Å². The molecular formula is C22H24N4O4S. The lowest BCUT2D eigenvalue weighted by molar-refractivity contribution is -0.114. The van der Waals surface area contributed by atoms with Gasteiger partial charge >= 0.3 is 6.09 Å². The van der Waals surface area contributed by atoms with Crippen LogP contribution in [0.25, 0.3) is 21.3 Å². The molecule has 0 unspecified atom stereocenters. The molecule has 2 amide bonds. The van der Waals surface area contributed by atoms with Gasteiger partial charge in [0.15, 0.2) is 5.13 Å². The number of nitrogens with one attached hydrogen (secondary N) is 2. The van der Waals surface area contributed by atoms with E-state index in [0.717, 1.165) is 21.3 Å². The van der Waals surface area contributed by atoms with Crippen LogP contribution >= 0.6 is 11.3 Å². The van der Waals surface area contributed by atoms with Crippen molar-refractivity contribution in [2.75, 3.05) is 10.6 Å². The molecule has 0 spiro atoms. The number of anilines is 2. The molecule has 4 rings (SSSR count). The van der Waals surface area contributed by atoms with E-state index in [-0.39, 0.29) is 18.1 Å². The zero-order chi connectivity index (χ0) is 22.0. The SMILES string of the molecule is CC(=O)Nc1nc2ccc(-c3cnc(C)c(NC(=O)O[C@H]4CC[C@H](O)CC4)c3)cc2s1. The normalized spacial score (nSPS) is 18.5. The van der Waals surface area contributed by atoms with E-state index < -0.39 is 6.09 Å². The average Bonchev–Trinajstić information content (AvgIpc) is 3.12. The number of rotatable bonds is 4. The predicted molar refractivity (Wildman–Crippen MR) is 120 cm³/mol. The van der Waals surface area contributed by atoms with Crippen LogP contribution < -0.4 is 10.6 Å². The van der Waals surface area contributed by atoms with Crippen molar-refractivity contribution in [2.24, 2.45) is 0 Å². The molecular weight excluding hydrogens is 416 g/mol. The van der Waals surface area contributed by atoms with Crippen molar-refractivity contribution < 1.29 is 19.4 Å². The van der Waals surface area contributed by atoms with Crippen molar-refractivity contribution in [1.29, 1.82) is 0 Å². The number of carbonyl (C=O) groups is 2. The van der Waals surface area contributed by atoms with Crippen molar-refractivity contribution in [3.63, 3.8) is 0 Å². The zero-order valence-corrected chi connectivity index (χ0v) is 18.2. The van der Waals surface area contributed by atoms with Crippen molar-refractivity contribution in [1.82, 2.24) is 9.97 Å². The highest BCUT2D eigenvalue weighted by atomic mass is 32.1. The lowest BCUT2D eigenvalue weighted by Gasteiger charge is -2.25. The minimum Gasteiger partial charge on any atom is -0.446 e. The summed E-state index contributed by atoms with van der Waals surface area (Å²) in [6.45, 7) is 3.27. The predicted octanol–water partition coefficient (Wildman–Crippen LogP) is 4.48. The Balaban J connectivity index is 1.50. The van der Waals surface area contributed by atoms with Crippen LogP contribution in [0.3, 0.4) is 0 Å². The second kappa shape index (κ2) is 8.99. The Morgan fingerprint density at radius 3 is 2.65 bits per heavy atom. The molecule has 8 nitrogen and oxygen atoms in total. The fourth-order valence-corrected chi connectivity index (χ4v) is 4.53. The number of benzene rings is 1. The smallest absolute Gasteiger partial charge is 0.411 e. The molecule has 2 aromatic heterocycles. The highest BCUT2D eigenvalue weighted by Gasteiger charge is 2.22. The first-order valence-electron chi connectivity index (χ1n) is 10.2. The maximum atomic E-state index is 12.4. The Hall–Kier alpha value is -3.04. The second-order valence-corrected chi connectivity index (χ2v) is 8.73. The van der Waals surface area contributed by atoms with Gasteiger partial charge in [0.1, 0.15) is 6.10 Å². The molecule has 0 bridgehead atoms. The van der Waals surface area contributed by atoms with E-state index in [9.17, 15) is 14.7 Å². The molecule has 31 heavy (non-hydrogen) atoms. The number of carbonyl (C=O) groups excluding carboxylic acids is 2. The van der Waals surface area contributed by atoms with Crippen LogP contribution in [0.4, 0.5) is 15.6 Å². The minimum absolute atomic E-state index is 0.158. The summed E-state index contributed by atoms with van der Waals surface area (Å²) < 4.78 is 6.45. The molecule has 9 heteroatoms. The molecule has 1 aliphatic carbocycles. The Bertz CT molecular complexity index is 1120. The van der Waals surface area contributed by atoms with Crippen LogP contribution in [-0.2, 0) is 9.53 Å². The van der Waals surface area contributed by atoms with Crippen LogP contribution in [-0.4, -0.2) is 39.3 Å². The summed E-state index contributed by atoms with van der Waals surface area (Å²) in [6, 6.07) is 7.68. The van der Waals surface area contributed by atoms with E-state index >= 15 is 0 Å². The highest BCUT2D eigenvalue weighted by Crippen LogP contribution is 2.32. The van der Waals surface area contributed by atoms with Crippen LogP contribution in [0.2, 0.25) is 0 Å². The van der Waals surface area contributed by atoms with Gasteiger partial charge in [0, 0.05) is 18.7 Å². The molecule has 3 aromatic rings. The van der Waals surface area contributed by atoms with Gasteiger partial charge in [0.05, 0.1) is 27.7 Å². The summed E-state index contributed by atoms with van der Waals surface area (Å²) in [6.07, 6.45) is 3.41. The topological polar surface area (TPSA) is 113 Å². The van der Waals surface area contributed by atoms with Gasteiger partial charge in [-0.3, -0.25) is 15.1 Å². The third-order valence-electron chi connectivity index (χ3n) is 5.25. The third kappa shape index (κ3) is 5.18. The van der Waals surface area contributed by atoms with E-state index in [0.29, 0.717) is 42.2 Å². The number of fused-ring (bicyclic) bond motifs is 1. The summed E-state index contributed by atoms with van der Waals surface area (Å²) in [5.74, 6) is -0.158. The largest absolute Gasteiger partial charge is 0.446 e. The van der Waals surface area contributed by atoms with Gasteiger partial charge in [-0.05, 0) is 56.4 Å². The maximum absolute atomic E-state index is 12.4. The number of aryl methyl sites for hydroxylation is 1. The summed E-state index contributed by atoms with van der Waals surface area (Å²) >= 11 is 1.40. The summed E-state index contributed by atoms with van der Waals surface area (Å²) in [5.41, 5.74) is 3.85. The van der Waals surface area contributed by atoms with E-state index in [1.807, 2.05) is 31.2 Å². The van der Waals surface area contributed by atoms with Gasteiger partial charge in [-0.25, -0.2) is 9.78 Å². The Labute approximate surface area is 183 Å². The number of aliphatic hydroxyl groups excluding tert-OH is 1. The van der Waals surface area contributed by atoms with Crippen molar-refractivity contribution in [3.8, 4) is 11.1 Å². The fraction of sp³-hybridized carbons (Fsp3) is 0.364. The molecule has 0 atom stereocenters. The minimum atomic E-state index is -0.513. The molecule has 1 saturated carbocycles. The number of hydrogen-bond acceptors (Lipinski definition) is 7. The molecule has 1 aliphatic rings. The number of hydrogen-bond donors (Lipinski definition) is 3. The fourth-order valence-electron chi connectivity index (χ4n) is 3.58. The zero-order valence-electron chi connectivity index (χ0n) is 17.3. The Morgan fingerprint density at radius 2 is 1.90 bits per heavy atom. The molecule has 3 N–H and O–H groups in total. The van der Waals surface area contributed by atoms with Crippen LogP contribution in [0.15, 0.2) is 30.5 Å². The Morgan fingerprint density at radius 1 is 1.13 bits per heavy atom. The number of amides is 2. The molecule has 162 valence electrons. The van der Waals surface area contributed by atoms with E-state index in [1.165, 1.54) is 18.3 Å². The maximum Gasteiger partial charge on any atom is 0.411 e. The molecule has 1 aromatic carbocycles. The molecule has 0 radical (unpaired) electrons. The second-order valence-electron chi connectivity index (χ2n) is 7.70. The van der Waals surface area contributed by atoms with E-state index in [1.54, 1.807) is 6.20 Å². The highest BCUT2D eigenvalue weighted by molar-refractivity contribution is 7.22. The summed E-state index contributed by atoms with van der Waals surface area (Å²) in [4.78, 5) is 32.4. The molecule has 2 heterocycles. The first kappa shape index (κ1) is 21.2. The van der Waals surface area contributed by atoms with Gasteiger partial charge in [0.25, 0.3) is 0 Å². The lowest BCUT2D eigenvalue weighted by Crippen LogP contribution is -2.28.